The zero-order valence-corrected chi connectivity index (χ0v) is 13.9. The summed E-state index contributed by atoms with van der Waals surface area (Å²) < 4.78 is 11.4. The highest BCUT2D eigenvalue weighted by Gasteiger charge is 2.13. The first-order valence-electron chi connectivity index (χ1n) is 7.86. The van der Waals surface area contributed by atoms with E-state index in [0.717, 1.165) is 22.8 Å². The summed E-state index contributed by atoms with van der Waals surface area (Å²) in [5.41, 5.74) is 2.65. The maximum absolute atomic E-state index is 11.0. The van der Waals surface area contributed by atoms with Crippen molar-refractivity contribution in [3.63, 3.8) is 0 Å². The van der Waals surface area contributed by atoms with Crippen LogP contribution in [-0.4, -0.2) is 17.9 Å². The molecule has 0 saturated carbocycles. The van der Waals surface area contributed by atoms with Gasteiger partial charge in [-0.15, -0.1) is 0 Å². The van der Waals surface area contributed by atoms with Gasteiger partial charge >= 0.3 is 0 Å². The lowest BCUT2D eigenvalue weighted by Crippen LogP contribution is -1.99. The molecule has 0 aliphatic heterocycles. The molecule has 3 aromatic rings. The summed E-state index contributed by atoms with van der Waals surface area (Å²) in [5, 5.41) is 10.3. The molecule has 0 spiro atoms. The maximum atomic E-state index is 11.0. The number of aldehydes is 1. The lowest BCUT2D eigenvalue weighted by atomic mass is 10.1. The third kappa shape index (κ3) is 3.43. The highest BCUT2D eigenvalue weighted by molar-refractivity contribution is 5.82. The van der Waals surface area contributed by atoms with Gasteiger partial charge < -0.3 is 9.47 Å². The quantitative estimate of drug-likeness (QED) is 0.647. The van der Waals surface area contributed by atoms with E-state index in [1.807, 2.05) is 32.0 Å². The van der Waals surface area contributed by atoms with E-state index in [4.69, 9.17) is 9.47 Å². The summed E-state index contributed by atoms with van der Waals surface area (Å²) in [7, 11) is 0. The summed E-state index contributed by atoms with van der Waals surface area (Å²) in [4.78, 5) is 15.4. The molecule has 2 aromatic carbocycles. The van der Waals surface area contributed by atoms with Gasteiger partial charge in [-0.3, -0.25) is 4.79 Å². The molecule has 1 heterocycles. The second kappa shape index (κ2) is 7.02. The molecule has 0 amide bonds. The summed E-state index contributed by atoms with van der Waals surface area (Å²) in [5.74, 6) is 1.04. The van der Waals surface area contributed by atoms with Crippen molar-refractivity contribution in [3.8, 4) is 23.4 Å². The first-order chi connectivity index (χ1) is 12.1. The number of nitrogens with zero attached hydrogens (tertiary/aromatic N) is 2. The van der Waals surface area contributed by atoms with E-state index >= 15 is 0 Å². The van der Waals surface area contributed by atoms with Crippen LogP contribution in [0, 0.1) is 18.3 Å². The van der Waals surface area contributed by atoms with Gasteiger partial charge in [0.15, 0.2) is 11.5 Å². The van der Waals surface area contributed by atoms with Crippen molar-refractivity contribution >= 4 is 17.2 Å². The maximum Gasteiger partial charge on any atom is 0.238 e. The molecule has 0 unspecified atom stereocenters. The normalized spacial score (nSPS) is 10.3. The summed E-state index contributed by atoms with van der Waals surface area (Å²) in [6, 6.07) is 14.5. The van der Waals surface area contributed by atoms with Crippen molar-refractivity contribution in [1.29, 1.82) is 5.26 Å². The van der Waals surface area contributed by atoms with Crippen molar-refractivity contribution in [2.45, 2.75) is 13.8 Å². The summed E-state index contributed by atoms with van der Waals surface area (Å²) >= 11 is 0. The fraction of sp³-hybridized carbons (Fsp3) is 0.150. The Hall–Kier alpha value is -3.39. The molecule has 3 rings (SSSR count). The number of fused-ring (bicyclic) bond motifs is 1. The van der Waals surface area contributed by atoms with Crippen LogP contribution in [0.5, 0.6) is 17.4 Å². The lowest BCUT2D eigenvalue weighted by molar-refractivity contribution is 0.112. The number of carbonyl (C=O) groups is 1. The molecule has 0 fully saturated rings. The largest absolute Gasteiger partial charge is 0.490 e. The summed E-state index contributed by atoms with van der Waals surface area (Å²) in [6.45, 7) is 4.25. The van der Waals surface area contributed by atoms with Crippen LogP contribution in [0.25, 0.3) is 10.9 Å². The number of aryl methyl sites for hydroxylation is 1. The van der Waals surface area contributed by atoms with Gasteiger partial charge in [0.25, 0.3) is 0 Å². The van der Waals surface area contributed by atoms with E-state index < -0.39 is 0 Å². The fourth-order valence-electron chi connectivity index (χ4n) is 2.49. The fourth-order valence-corrected chi connectivity index (χ4v) is 2.49. The smallest absolute Gasteiger partial charge is 0.238 e. The third-order valence-electron chi connectivity index (χ3n) is 3.67. The molecule has 0 N–H and O–H groups in total. The first-order valence-corrected chi connectivity index (χ1v) is 7.86. The molecule has 0 aliphatic rings. The van der Waals surface area contributed by atoms with Gasteiger partial charge in [0.1, 0.15) is 17.9 Å². The van der Waals surface area contributed by atoms with E-state index in [2.05, 4.69) is 11.1 Å². The van der Waals surface area contributed by atoms with Gasteiger partial charge in [0.05, 0.1) is 12.1 Å². The van der Waals surface area contributed by atoms with Gasteiger partial charge in [-0.05, 0) is 50.2 Å². The zero-order valence-electron chi connectivity index (χ0n) is 13.9. The van der Waals surface area contributed by atoms with Crippen LogP contribution in [0.4, 0.5) is 0 Å². The Morgan fingerprint density at radius 2 is 2.00 bits per heavy atom. The number of rotatable bonds is 5. The Morgan fingerprint density at radius 3 is 2.72 bits per heavy atom. The minimum absolute atomic E-state index is 0.207. The molecule has 0 saturated heterocycles. The van der Waals surface area contributed by atoms with Gasteiger partial charge in [0.2, 0.25) is 5.88 Å². The van der Waals surface area contributed by atoms with E-state index in [1.165, 1.54) is 0 Å². The van der Waals surface area contributed by atoms with Crippen molar-refractivity contribution in [2.75, 3.05) is 6.61 Å². The molecule has 0 bridgehead atoms. The van der Waals surface area contributed by atoms with Crippen molar-refractivity contribution in [1.82, 2.24) is 4.98 Å². The van der Waals surface area contributed by atoms with Crippen molar-refractivity contribution in [2.24, 2.45) is 0 Å². The topological polar surface area (TPSA) is 72.2 Å². The van der Waals surface area contributed by atoms with Crippen LogP contribution in [0.2, 0.25) is 0 Å². The highest BCUT2D eigenvalue weighted by atomic mass is 16.5. The van der Waals surface area contributed by atoms with Crippen molar-refractivity contribution < 1.29 is 14.3 Å². The minimum atomic E-state index is 0.207. The van der Waals surface area contributed by atoms with Crippen LogP contribution in [0.15, 0.2) is 42.5 Å². The molecule has 25 heavy (non-hydrogen) atoms. The molecule has 0 aliphatic carbocycles. The van der Waals surface area contributed by atoms with Crippen LogP contribution in [0.1, 0.15) is 28.4 Å². The monoisotopic (exact) mass is 332 g/mol. The molecule has 5 nitrogen and oxygen atoms in total. The Bertz CT molecular complexity index is 990. The highest BCUT2D eigenvalue weighted by Crippen LogP contribution is 2.34. The Kier molecular flexibility index (Phi) is 4.62. The van der Waals surface area contributed by atoms with E-state index in [1.54, 1.807) is 24.3 Å². The van der Waals surface area contributed by atoms with Crippen LogP contribution >= 0.6 is 0 Å². The standard InChI is InChI=1S/C20H16N2O3/c1-3-24-19-9-14(12-23)5-7-18(19)25-20-16(11-21)10-15-8-13(2)4-6-17(15)22-20/h4-10,12H,3H2,1-2H3. The van der Waals surface area contributed by atoms with Gasteiger partial charge in [-0.2, -0.15) is 5.26 Å². The Balaban J connectivity index is 2.07. The number of ether oxygens (including phenoxy) is 2. The second-order valence-corrected chi connectivity index (χ2v) is 5.51. The SMILES string of the molecule is CCOc1cc(C=O)ccc1Oc1nc2ccc(C)cc2cc1C#N. The van der Waals surface area contributed by atoms with Crippen LogP contribution in [-0.2, 0) is 0 Å². The number of benzene rings is 2. The first kappa shape index (κ1) is 16.5. The molecule has 0 radical (unpaired) electrons. The van der Waals surface area contributed by atoms with Gasteiger partial charge in [-0.25, -0.2) is 4.98 Å². The van der Waals surface area contributed by atoms with Crippen molar-refractivity contribution in [3.05, 3.63) is 59.2 Å². The molecule has 0 atom stereocenters. The average Bonchev–Trinajstić information content (AvgIpc) is 2.62. The lowest BCUT2D eigenvalue weighted by Gasteiger charge is -2.13. The predicted octanol–water partition coefficient (Wildman–Crippen LogP) is 4.42. The molecule has 1 aromatic heterocycles. The van der Waals surface area contributed by atoms with E-state index in [0.29, 0.717) is 29.2 Å². The third-order valence-corrected chi connectivity index (χ3v) is 3.67. The Labute approximate surface area is 145 Å². The number of hydrogen-bond acceptors (Lipinski definition) is 5. The molecular formula is C20H16N2O3. The van der Waals surface area contributed by atoms with Gasteiger partial charge in [0, 0.05) is 10.9 Å². The molecule has 5 heteroatoms. The average molecular weight is 332 g/mol. The number of pyridine rings is 1. The van der Waals surface area contributed by atoms with Crippen LogP contribution in [0.3, 0.4) is 0 Å². The molecule has 124 valence electrons. The zero-order chi connectivity index (χ0) is 17.8. The number of nitriles is 1. The van der Waals surface area contributed by atoms with Crippen LogP contribution < -0.4 is 9.47 Å². The molecular weight excluding hydrogens is 316 g/mol. The number of aromatic nitrogens is 1. The summed E-state index contributed by atoms with van der Waals surface area (Å²) in [6.07, 6.45) is 0.740. The predicted molar refractivity (Wildman–Crippen MR) is 94.3 cm³/mol. The van der Waals surface area contributed by atoms with E-state index in [9.17, 15) is 10.1 Å². The Morgan fingerprint density at radius 1 is 1.16 bits per heavy atom. The second-order valence-electron chi connectivity index (χ2n) is 5.51. The number of carbonyl (C=O) groups excluding carboxylic acids is 1. The number of hydrogen-bond donors (Lipinski definition) is 0. The van der Waals surface area contributed by atoms with Gasteiger partial charge in [-0.1, -0.05) is 11.6 Å². The minimum Gasteiger partial charge on any atom is -0.490 e. The van der Waals surface area contributed by atoms with E-state index in [-0.39, 0.29) is 5.88 Å².